The molecule has 1 heterocycles. The summed E-state index contributed by atoms with van der Waals surface area (Å²) < 4.78 is 5.67. The average molecular weight is 249 g/mol. The Morgan fingerprint density at radius 3 is 2.61 bits per heavy atom. The van der Waals surface area contributed by atoms with Crippen molar-refractivity contribution in [3.8, 4) is 5.75 Å². The monoisotopic (exact) mass is 249 g/mol. The topological polar surface area (TPSA) is 41.5 Å². The number of benzene rings is 1. The SMILES string of the molecule is Cc1cc(CNC(C)C2CCCO2)cc(C)c1O. The zero-order chi connectivity index (χ0) is 13.1. The maximum atomic E-state index is 9.74. The molecule has 0 saturated carbocycles. The standard InChI is InChI=1S/C15H23NO2/c1-10-7-13(8-11(2)15(10)17)9-16-12(3)14-5-4-6-18-14/h7-8,12,14,16-17H,4-6,9H2,1-3H3. The van der Waals surface area contributed by atoms with Crippen LogP contribution in [-0.2, 0) is 11.3 Å². The molecule has 0 amide bonds. The third-order valence-electron chi connectivity index (χ3n) is 3.70. The summed E-state index contributed by atoms with van der Waals surface area (Å²) >= 11 is 0. The normalized spacial score (nSPS) is 21.2. The zero-order valence-corrected chi connectivity index (χ0v) is 11.5. The van der Waals surface area contributed by atoms with Crippen molar-refractivity contribution in [1.82, 2.24) is 5.32 Å². The van der Waals surface area contributed by atoms with Gasteiger partial charge in [-0.25, -0.2) is 0 Å². The van der Waals surface area contributed by atoms with E-state index < -0.39 is 0 Å². The van der Waals surface area contributed by atoms with E-state index in [4.69, 9.17) is 4.74 Å². The minimum Gasteiger partial charge on any atom is -0.507 e. The second-order valence-electron chi connectivity index (χ2n) is 5.30. The van der Waals surface area contributed by atoms with Crippen LogP contribution in [0.25, 0.3) is 0 Å². The number of hydrogen-bond acceptors (Lipinski definition) is 3. The lowest BCUT2D eigenvalue weighted by Crippen LogP contribution is -2.36. The van der Waals surface area contributed by atoms with Gasteiger partial charge in [0, 0.05) is 19.2 Å². The maximum absolute atomic E-state index is 9.74. The number of phenols is 1. The Morgan fingerprint density at radius 1 is 1.39 bits per heavy atom. The van der Waals surface area contributed by atoms with Crippen molar-refractivity contribution in [2.75, 3.05) is 6.61 Å². The van der Waals surface area contributed by atoms with E-state index in [0.717, 1.165) is 30.7 Å². The molecule has 1 aliphatic rings. The first-order valence-corrected chi connectivity index (χ1v) is 6.72. The summed E-state index contributed by atoms with van der Waals surface area (Å²) in [6.07, 6.45) is 2.68. The van der Waals surface area contributed by atoms with Gasteiger partial charge in [-0.3, -0.25) is 0 Å². The molecule has 0 radical (unpaired) electrons. The first-order valence-electron chi connectivity index (χ1n) is 6.72. The van der Waals surface area contributed by atoms with Crippen LogP contribution in [-0.4, -0.2) is 23.9 Å². The van der Waals surface area contributed by atoms with Gasteiger partial charge in [0.05, 0.1) is 6.10 Å². The Kier molecular flexibility index (Phi) is 4.25. The highest BCUT2D eigenvalue weighted by Crippen LogP contribution is 2.23. The van der Waals surface area contributed by atoms with Gasteiger partial charge in [0.15, 0.2) is 0 Å². The molecular weight excluding hydrogens is 226 g/mol. The molecule has 0 aromatic heterocycles. The lowest BCUT2D eigenvalue weighted by molar-refractivity contribution is 0.0832. The fourth-order valence-electron chi connectivity index (χ4n) is 2.55. The van der Waals surface area contributed by atoms with Crippen molar-refractivity contribution in [1.29, 1.82) is 0 Å². The Morgan fingerprint density at radius 2 is 2.06 bits per heavy atom. The van der Waals surface area contributed by atoms with Crippen molar-refractivity contribution in [2.45, 2.75) is 52.3 Å². The molecule has 1 saturated heterocycles. The summed E-state index contributed by atoms with van der Waals surface area (Å²) in [5.74, 6) is 0.408. The molecule has 100 valence electrons. The van der Waals surface area contributed by atoms with Crippen molar-refractivity contribution in [3.63, 3.8) is 0 Å². The Balaban J connectivity index is 1.93. The molecule has 2 unspecified atom stereocenters. The van der Waals surface area contributed by atoms with Gasteiger partial charge in [-0.05, 0) is 50.3 Å². The first kappa shape index (κ1) is 13.4. The van der Waals surface area contributed by atoms with Crippen LogP contribution in [0.15, 0.2) is 12.1 Å². The van der Waals surface area contributed by atoms with Gasteiger partial charge >= 0.3 is 0 Å². The molecule has 2 rings (SSSR count). The van der Waals surface area contributed by atoms with Gasteiger partial charge in [0.1, 0.15) is 5.75 Å². The molecule has 2 atom stereocenters. The second-order valence-corrected chi connectivity index (χ2v) is 5.30. The molecule has 0 bridgehead atoms. The van der Waals surface area contributed by atoms with E-state index in [9.17, 15) is 5.11 Å². The van der Waals surface area contributed by atoms with Crippen LogP contribution >= 0.6 is 0 Å². The van der Waals surface area contributed by atoms with Gasteiger partial charge in [-0.15, -0.1) is 0 Å². The Bertz CT molecular complexity index is 388. The van der Waals surface area contributed by atoms with E-state index in [1.54, 1.807) is 0 Å². The molecule has 2 N–H and O–H groups in total. The van der Waals surface area contributed by atoms with E-state index in [0.29, 0.717) is 17.9 Å². The van der Waals surface area contributed by atoms with E-state index in [2.05, 4.69) is 12.2 Å². The molecule has 1 aromatic carbocycles. The van der Waals surface area contributed by atoms with Crippen LogP contribution in [0.5, 0.6) is 5.75 Å². The fourth-order valence-corrected chi connectivity index (χ4v) is 2.55. The minimum absolute atomic E-state index is 0.351. The summed E-state index contributed by atoms with van der Waals surface area (Å²) in [6, 6.07) is 4.46. The molecule has 1 aromatic rings. The molecular formula is C15H23NO2. The van der Waals surface area contributed by atoms with Crippen LogP contribution in [0.4, 0.5) is 0 Å². The second kappa shape index (κ2) is 5.72. The molecule has 18 heavy (non-hydrogen) atoms. The van der Waals surface area contributed by atoms with E-state index >= 15 is 0 Å². The van der Waals surface area contributed by atoms with Crippen LogP contribution in [0, 0.1) is 13.8 Å². The van der Waals surface area contributed by atoms with Crippen LogP contribution in [0.1, 0.15) is 36.5 Å². The molecule has 0 spiro atoms. The van der Waals surface area contributed by atoms with Gasteiger partial charge in [0.25, 0.3) is 0 Å². The molecule has 3 nitrogen and oxygen atoms in total. The van der Waals surface area contributed by atoms with Crippen molar-refractivity contribution < 1.29 is 9.84 Å². The predicted molar refractivity (Wildman–Crippen MR) is 72.9 cm³/mol. The van der Waals surface area contributed by atoms with Gasteiger partial charge in [-0.2, -0.15) is 0 Å². The fraction of sp³-hybridized carbons (Fsp3) is 0.600. The maximum Gasteiger partial charge on any atom is 0.121 e. The number of hydrogen-bond donors (Lipinski definition) is 2. The molecule has 1 aliphatic heterocycles. The van der Waals surface area contributed by atoms with Crippen LogP contribution in [0.3, 0.4) is 0 Å². The third-order valence-corrected chi connectivity index (χ3v) is 3.70. The largest absolute Gasteiger partial charge is 0.507 e. The lowest BCUT2D eigenvalue weighted by atomic mass is 10.0. The van der Waals surface area contributed by atoms with Gasteiger partial charge < -0.3 is 15.2 Å². The third kappa shape index (κ3) is 3.03. The van der Waals surface area contributed by atoms with E-state index in [1.165, 1.54) is 12.0 Å². The number of aryl methyl sites for hydroxylation is 2. The van der Waals surface area contributed by atoms with Gasteiger partial charge in [0.2, 0.25) is 0 Å². The van der Waals surface area contributed by atoms with Crippen molar-refractivity contribution in [3.05, 3.63) is 28.8 Å². The number of phenolic OH excluding ortho intramolecular Hbond substituents is 1. The number of ether oxygens (including phenoxy) is 1. The van der Waals surface area contributed by atoms with E-state index in [1.807, 2.05) is 26.0 Å². The molecule has 3 heteroatoms. The molecule has 1 fully saturated rings. The van der Waals surface area contributed by atoms with Gasteiger partial charge in [-0.1, -0.05) is 12.1 Å². The number of rotatable bonds is 4. The molecule has 0 aliphatic carbocycles. The summed E-state index contributed by atoms with van der Waals surface area (Å²) in [5, 5.41) is 13.2. The average Bonchev–Trinajstić information content (AvgIpc) is 2.86. The number of aromatic hydroxyl groups is 1. The highest BCUT2D eigenvalue weighted by Gasteiger charge is 2.21. The Hall–Kier alpha value is -1.06. The predicted octanol–water partition coefficient (Wildman–Crippen LogP) is 2.67. The highest BCUT2D eigenvalue weighted by molar-refractivity contribution is 5.42. The summed E-state index contributed by atoms with van der Waals surface area (Å²) in [5.41, 5.74) is 3.10. The first-order chi connectivity index (χ1) is 8.58. The van der Waals surface area contributed by atoms with E-state index in [-0.39, 0.29) is 0 Å². The minimum atomic E-state index is 0.351. The number of nitrogens with one attached hydrogen (secondary N) is 1. The van der Waals surface area contributed by atoms with Crippen molar-refractivity contribution in [2.24, 2.45) is 0 Å². The Labute approximate surface area is 109 Å². The van der Waals surface area contributed by atoms with Crippen molar-refractivity contribution >= 4 is 0 Å². The van der Waals surface area contributed by atoms with Crippen LogP contribution in [0.2, 0.25) is 0 Å². The highest BCUT2D eigenvalue weighted by atomic mass is 16.5. The summed E-state index contributed by atoms with van der Waals surface area (Å²) in [6.45, 7) is 7.78. The summed E-state index contributed by atoms with van der Waals surface area (Å²) in [7, 11) is 0. The lowest BCUT2D eigenvalue weighted by Gasteiger charge is -2.20. The quantitative estimate of drug-likeness (QED) is 0.862. The summed E-state index contributed by atoms with van der Waals surface area (Å²) in [4.78, 5) is 0. The zero-order valence-electron chi connectivity index (χ0n) is 11.5. The van der Waals surface area contributed by atoms with Crippen LogP contribution < -0.4 is 5.32 Å². The smallest absolute Gasteiger partial charge is 0.121 e.